The second-order valence-corrected chi connectivity index (χ2v) is 2.73. The van der Waals surface area contributed by atoms with Crippen molar-refractivity contribution in [3.8, 4) is 0 Å². The van der Waals surface area contributed by atoms with Crippen LogP contribution < -0.4 is 4.72 Å². The van der Waals surface area contributed by atoms with Gasteiger partial charge in [-0.15, -0.1) is 0 Å². The van der Waals surface area contributed by atoms with E-state index in [2.05, 4.69) is 20.7 Å². The van der Waals surface area contributed by atoms with E-state index < -0.39 is 0 Å². The van der Waals surface area contributed by atoms with E-state index in [-0.39, 0.29) is 0 Å². The summed E-state index contributed by atoms with van der Waals surface area (Å²) in [6.45, 7) is 0. The molecular formula is C3H3BrNS. The average Bonchev–Trinajstić information content (AvgIpc) is 1.86. The highest BCUT2D eigenvalue weighted by Gasteiger charge is 1.98. The Labute approximate surface area is 49.4 Å². The van der Waals surface area contributed by atoms with Crippen LogP contribution in [0.3, 0.4) is 0 Å². The fourth-order valence-corrected chi connectivity index (χ4v) is 1.25. The van der Waals surface area contributed by atoms with Gasteiger partial charge in [0.2, 0.25) is 0 Å². The lowest BCUT2D eigenvalue weighted by atomic mass is 10.7. The van der Waals surface area contributed by atoms with Gasteiger partial charge in [0.05, 0.1) is 0 Å². The minimum atomic E-state index is 1.01. The van der Waals surface area contributed by atoms with Gasteiger partial charge >= 0.3 is 0 Å². The molecule has 0 saturated carbocycles. The predicted molar refractivity (Wildman–Crippen MR) is 31.6 cm³/mol. The number of rotatable bonds is 0. The van der Waals surface area contributed by atoms with Crippen molar-refractivity contribution in [1.82, 2.24) is 4.72 Å². The van der Waals surface area contributed by atoms with Gasteiger partial charge in [-0.3, -0.25) is 0 Å². The minimum absolute atomic E-state index is 1.01. The molecule has 0 aromatic carbocycles. The Morgan fingerprint density at radius 2 is 2.83 bits per heavy atom. The molecule has 33 valence electrons. The standard InChI is InChI=1S/C3H3BrNS/c4-3-1-5-6-2-3/h1H,2H2. The number of nitrogens with zero attached hydrogens (tertiary/aromatic N) is 1. The lowest BCUT2D eigenvalue weighted by molar-refractivity contribution is 1.42. The zero-order chi connectivity index (χ0) is 4.41. The van der Waals surface area contributed by atoms with Gasteiger partial charge in [-0.2, -0.15) is 0 Å². The molecule has 1 rings (SSSR count). The molecule has 0 spiro atoms. The second kappa shape index (κ2) is 1.89. The molecule has 1 aliphatic heterocycles. The summed E-state index contributed by atoms with van der Waals surface area (Å²) in [5.41, 5.74) is 0. The third-order valence-corrected chi connectivity index (χ3v) is 2.02. The van der Waals surface area contributed by atoms with Crippen molar-refractivity contribution >= 4 is 27.9 Å². The number of hydrogen-bond donors (Lipinski definition) is 0. The summed E-state index contributed by atoms with van der Waals surface area (Å²) in [5.74, 6) is 1.01. The Morgan fingerprint density at radius 3 is 3.00 bits per heavy atom. The SMILES string of the molecule is BrC1=C[N]SC1. The molecule has 0 atom stereocenters. The second-order valence-electron chi connectivity index (χ2n) is 0.955. The topological polar surface area (TPSA) is 14.1 Å². The van der Waals surface area contributed by atoms with Crippen molar-refractivity contribution < 1.29 is 0 Å². The van der Waals surface area contributed by atoms with Crippen molar-refractivity contribution in [2.75, 3.05) is 5.75 Å². The molecule has 0 saturated heterocycles. The van der Waals surface area contributed by atoms with E-state index in [9.17, 15) is 0 Å². The summed E-state index contributed by atoms with van der Waals surface area (Å²) < 4.78 is 5.06. The molecule has 1 radical (unpaired) electrons. The molecule has 1 nitrogen and oxygen atoms in total. The maximum absolute atomic E-state index is 3.87. The summed E-state index contributed by atoms with van der Waals surface area (Å²) in [5, 5.41) is 0. The molecule has 0 aliphatic carbocycles. The molecule has 1 aliphatic rings. The molecule has 0 N–H and O–H groups in total. The first-order valence-corrected chi connectivity index (χ1v) is 3.30. The van der Waals surface area contributed by atoms with Gasteiger partial charge in [0, 0.05) is 16.4 Å². The zero-order valence-electron chi connectivity index (χ0n) is 3.02. The van der Waals surface area contributed by atoms with E-state index >= 15 is 0 Å². The van der Waals surface area contributed by atoms with Crippen molar-refractivity contribution in [1.29, 1.82) is 0 Å². The first-order chi connectivity index (χ1) is 2.89. The first kappa shape index (κ1) is 4.53. The van der Waals surface area contributed by atoms with Crippen LogP contribution in [0.4, 0.5) is 0 Å². The van der Waals surface area contributed by atoms with Gasteiger partial charge in [0.25, 0.3) is 0 Å². The van der Waals surface area contributed by atoms with Crippen molar-refractivity contribution in [3.05, 3.63) is 10.7 Å². The lowest BCUT2D eigenvalue weighted by Gasteiger charge is -1.74. The number of hydrogen-bond acceptors (Lipinski definition) is 1. The van der Waals surface area contributed by atoms with Gasteiger partial charge in [0.15, 0.2) is 0 Å². The van der Waals surface area contributed by atoms with Gasteiger partial charge < -0.3 is 0 Å². The van der Waals surface area contributed by atoms with Crippen molar-refractivity contribution in [3.63, 3.8) is 0 Å². The smallest absolute Gasteiger partial charge is 0.0486 e. The van der Waals surface area contributed by atoms with Crippen molar-refractivity contribution in [2.45, 2.75) is 0 Å². The van der Waals surface area contributed by atoms with Crippen LogP contribution in [0.15, 0.2) is 10.7 Å². The summed E-state index contributed by atoms with van der Waals surface area (Å²) in [6.07, 6.45) is 1.82. The van der Waals surface area contributed by atoms with Crippen LogP contribution in [0.5, 0.6) is 0 Å². The van der Waals surface area contributed by atoms with Crippen LogP contribution >= 0.6 is 27.9 Å². The predicted octanol–water partition coefficient (Wildman–Crippen LogP) is 1.49. The Bertz CT molecular complexity index is 80.9. The number of halogens is 1. The largest absolute Gasteiger partial charge is 0.223 e. The third kappa shape index (κ3) is 0.914. The van der Waals surface area contributed by atoms with E-state index in [4.69, 9.17) is 0 Å². The summed E-state index contributed by atoms with van der Waals surface area (Å²) in [4.78, 5) is 0. The Kier molecular flexibility index (Phi) is 1.42. The van der Waals surface area contributed by atoms with Crippen LogP contribution in [0.1, 0.15) is 0 Å². The Hall–Kier alpha value is 0.370. The highest BCUT2D eigenvalue weighted by molar-refractivity contribution is 9.11. The van der Waals surface area contributed by atoms with Gasteiger partial charge in [-0.05, 0) is 11.9 Å². The minimum Gasteiger partial charge on any atom is -0.223 e. The van der Waals surface area contributed by atoms with E-state index in [0.29, 0.717) is 0 Å². The van der Waals surface area contributed by atoms with E-state index in [1.54, 1.807) is 11.9 Å². The molecule has 0 unspecified atom stereocenters. The van der Waals surface area contributed by atoms with Crippen LogP contribution in [0.2, 0.25) is 0 Å². The van der Waals surface area contributed by atoms with Crippen LogP contribution in [0, 0.1) is 0 Å². The summed E-state index contributed by atoms with van der Waals surface area (Å²) in [7, 11) is 0. The molecule has 0 bridgehead atoms. The fourth-order valence-electron chi connectivity index (χ4n) is 0.231. The molecule has 0 fully saturated rings. The van der Waals surface area contributed by atoms with Crippen molar-refractivity contribution in [2.24, 2.45) is 0 Å². The molecule has 0 aromatic heterocycles. The molecule has 0 amide bonds. The summed E-state index contributed by atoms with van der Waals surface area (Å²) >= 11 is 4.85. The normalized spacial score (nSPS) is 19.8. The van der Waals surface area contributed by atoms with E-state index in [1.807, 2.05) is 6.20 Å². The molecule has 0 aromatic rings. The van der Waals surface area contributed by atoms with Crippen LogP contribution in [0.25, 0.3) is 0 Å². The Balaban J connectivity index is 2.45. The monoisotopic (exact) mass is 164 g/mol. The molecule has 6 heavy (non-hydrogen) atoms. The molecular weight excluding hydrogens is 162 g/mol. The quantitative estimate of drug-likeness (QED) is 0.496. The lowest BCUT2D eigenvalue weighted by Crippen LogP contribution is -1.66. The van der Waals surface area contributed by atoms with E-state index in [0.717, 1.165) is 5.75 Å². The van der Waals surface area contributed by atoms with Crippen LogP contribution in [-0.4, -0.2) is 5.75 Å². The zero-order valence-corrected chi connectivity index (χ0v) is 5.42. The van der Waals surface area contributed by atoms with E-state index in [1.165, 1.54) is 4.48 Å². The van der Waals surface area contributed by atoms with Gasteiger partial charge in [0.1, 0.15) is 0 Å². The average molecular weight is 165 g/mol. The van der Waals surface area contributed by atoms with Gasteiger partial charge in [-0.25, -0.2) is 4.72 Å². The fraction of sp³-hybridized carbons (Fsp3) is 0.333. The third-order valence-electron chi connectivity index (χ3n) is 0.470. The first-order valence-electron chi connectivity index (χ1n) is 1.56. The highest BCUT2D eigenvalue weighted by Crippen LogP contribution is 2.17. The summed E-state index contributed by atoms with van der Waals surface area (Å²) in [6, 6.07) is 0. The maximum atomic E-state index is 3.87. The maximum Gasteiger partial charge on any atom is 0.0486 e. The molecule has 1 heterocycles. The Morgan fingerprint density at radius 1 is 2.00 bits per heavy atom. The van der Waals surface area contributed by atoms with Crippen LogP contribution in [-0.2, 0) is 0 Å². The molecule has 3 heteroatoms. The van der Waals surface area contributed by atoms with Gasteiger partial charge in [-0.1, -0.05) is 15.9 Å². The highest BCUT2D eigenvalue weighted by atomic mass is 79.9.